The molecular formula is C17H20F2N2O2S. The fraction of sp³-hybridized carbons (Fsp3) is 0.647. The molecule has 1 aromatic heterocycles. The summed E-state index contributed by atoms with van der Waals surface area (Å²) in [5, 5.41) is 3.72. The van der Waals surface area contributed by atoms with E-state index in [4.69, 9.17) is 0 Å². The maximum Gasteiger partial charge on any atom is 0.282 e. The van der Waals surface area contributed by atoms with Gasteiger partial charge in [-0.25, -0.2) is 8.78 Å². The van der Waals surface area contributed by atoms with Gasteiger partial charge in [0.2, 0.25) is 5.91 Å². The molecule has 2 amide bonds. The lowest BCUT2D eigenvalue weighted by Crippen LogP contribution is -2.60. The standard InChI is InChI=1S/C17H20F2N2O2S/c18-17(19)10-21(11-17)15(23)13-2-1-4-16(13)5-6-20(9-16)14(22)12-3-7-24-8-12/h3,7-8,13H,1-2,4-6,9-11H2/t13-,16-/m1/s1. The summed E-state index contributed by atoms with van der Waals surface area (Å²) < 4.78 is 26.2. The second kappa shape index (κ2) is 5.51. The van der Waals surface area contributed by atoms with Crippen LogP contribution >= 0.6 is 11.3 Å². The van der Waals surface area contributed by atoms with Crippen molar-refractivity contribution in [2.45, 2.75) is 31.6 Å². The lowest BCUT2D eigenvalue weighted by molar-refractivity contribution is -0.172. The molecule has 4 rings (SSSR count). The minimum absolute atomic E-state index is 0.0155. The van der Waals surface area contributed by atoms with Crippen LogP contribution in [0.2, 0.25) is 0 Å². The fourth-order valence-corrected chi connectivity index (χ4v) is 5.17. The Balaban J connectivity index is 1.47. The molecule has 0 radical (unpaired) electrons. The van der Waals surface area contributed by atoms with Crippen molar-refractivity contribution in [3.8, 4) is 0 Å². The van der Waals surface area contributed by atoms with Gasteiger partial charge in [-0.15, -0.1) is 0 Å². The molecule has 24 heavy (non-hydrogen) atoms. The lowest BCUT2D eigenvalue weighted by atomic mass is 9.76. The van der Waals surface area contributed by atoms with E-state index in [1.807, 2.05) is 21.7 Å². The van der Waals surface area contributed by atoms with E-state index >= 15 is 0 Å². The average molecular weight is 354 g/mol. The fourth-order valence-electron chi connectivity index (χ4n) is 4.54. The number of hydrogen-bond donors (Lipinski definition) is 0. The molecule has 3 heterocycles. The van der Waals surface area contributed by atoms with Gasteiger partial charge in [-0.2, -0.15) is 11.3 Å². The smallest absolute Gasteiger partial charge is 0.282 e. The zero-order valence-corrected chi connectivity index (χ0v) is 14.2. The van der Waals surface area contributed by atoms with Crippen LogP contribution < -0.4 is 0 Å². The number of carbonyl (C=O) groups is 2. The predicted molar refractivity (Wildman–Crippen MR) is 86.1 cm³/mol. The molecule has 1 saturated carbocycles. The summed E-state index contributed by atoms with van der Waals surface area (Å²) in [6.07, 6.45) is 3.38. The van der Waals surface area contributed by atoms with E-state index in [-0.39, 0.29) is 23.1 Å². The zero-order valence-electron chi connectivity index (χ0n) is 13.3. The van der Waals surface area contributed by atoms with E-state index in [0.717, 1.165) is 25.7 Å². The van der Waals surface area contributed by atoms with E-state index < -0.39 is 19.0 Å². The Labute approximate surface area is 143 Å². The zero-order chi connectivity index (χ0) is 16.9. The normalized spacial score (nSPS) is 31.5. The summed E-state index contributed by atoms with van der Waals surface area (Å²) in [6, 6.07) is 1.82. The number of hydrogen-bond acceptors (Lipinski definition) is 3. The first kappa shape index (κ1) is 16.0. The molecule has 130 valence electrons. The summed E-state index contributed by atoms with van der Waals surface area (Å²) in [4.78, 5) is 28.3. The van der Waals surface area contributed by atoms with Gasteiger partial charge in [-0.05, 0) is 30.7 Å². The van der Waals surface area contributed by atoms with Crippen molar-refractivity contribution in [3.05, 3.63) is 22.4 Å². The minimum atomic E-state index is -2.72. The van der Waals surface area contributed by atoms with Gasteiger partial charge >= 0.3 is 0 Å². The summed E-state index contributed by atoms with van der Waals surface area (Å²) in [6.45, 7) is 0.322. The molecule has 3 fully saturated rings. The molecule has 2 saturated heterocycles. The molecule has 2 aliphatic heterocycles. The highest BCUT2D eigenvalue weighted by Crippen LogP contribution is 2.51. The predicted octanol–water partition coefficient (Wildman–Crippen LogP) is 2.86. The highest BCUT2D eigenvalue weighted by molar-refractivity contribution is 7.08. The van der Waals surface area contributed by atoms with E-state index in [0.29, 0.717) is 18.7 Å². The van der Waals surface area contributed by atoms with Gasteiger partial charge in [0.25, 0.3) is 11.8 Å². The summed E-state index contributed by atoms with van der Waals surface area (Å²) >= 11 is 1.49. The van der Waals surface area contributed by atoms with Crippen molar-refractivity contribution < 1.29 is 18.4 Å². The topological polar surface area (TPSA) is 40.6 Å². The van der Waals surface area contributed by atoms with E-state index in [9.17, 15) is 18.4 Å². The number of nitrogens with zero attached hydrogens (tertiary/aromatic N) is 2. The highest BCUT2D eigenvalue weighted by atomic mass is 32.1. The lowest BCUT2D eigenvalue weighted by Gasteiger charge is -2.42. The van der Waals surface area contributed by atoms with Gasteiger partial charge in [0.15, 0.2) is 0 Å². The van der Waals surface area contributed by atoms with Gasteiger partial charge in [-0.3, -0.25) is 9.59 Å². The third kappa shape index (κ3) is 2.53. The van der Waals surface area contributed by atoms with Crippen LogP contribution in [0.5, 0.6) is 0 Å². The number of rotatable bonds is 2. The van der Waals surface area contributed by atoms with Crippen molar-refractivity contribution >= 4 is 23.2 Å². The van der Waals surface area contributed by atoms with Crippen LogP contribution in [-0.2, 0) is 4.79 Å². The first-order valence-electron chi connectivity index (χ1n) is 8.38. The molecule has 7 heteroatoms. The number of likely N-dealkylation sites (tertiary alicyclic amines) is 2. The van der Waals surface area contributed by atoms with Gasteiger partial charge in [0.05, 0.1) is 18.7 Å². The quantitative estimate of drug-likeness (QED) is 0.819. The van der Waals surface area contributed by atoms with Crippen molar-refractivity contribution in [3.63, 3.8) is 0 Å². The maximum atomic E-state index is 13.1. The monoisotopic (exact) mass is 354 g/mol. The second-order valence-corrected chi connectivity index (χ2v) is 8.13. The van der Waals surface area contributed by atoms with Crippen molar-refractivity contribution in [1.29, 1.82) is 0 Å². The summed E-state index contributed by atoms with van der Waals surface area (Å²) in [5.74, 6) is -3.06. The van der Waals surface area contributed by atoms with Crippen LogP contribution in [0.3, 0.4) is 0 Å². The summed E-state index contributed by atoms with van der Waals surface area (Å²) in [5.41, 5.74) is 0.480. The van der Waals surface area contributed by atoms with Gasteiger partial charge < -0.3 is 9.80 Å². The maximum absolute atomic E-state index is 13.1. The first-order valence-corrected chi connectivity index (χ1v) is 9.33. The van der Waals surface area contributed by atoms with Crippen LogP contribution in [0.1, 0.15) is 36.0 Å². The molecular weight excluding hydrogens is 334 g/mol. The van der Waals surface area contributed by atoms with Crippen LogP contribution in [-0.4, -0.2) is 53.7 Å². The highest BCUT2D eigenvalue weighted by Gasteiger charge is 2.55. The second-order valence-electron chi connectivity index (χ2n) is 7.35. The molecule has 3 aliphatic rings. The number of carbonyl (C=O) groups excluding carboxylic acids is 2. The first-order chi connectivity index (χ1) is 11.4. The molecule has 2 atom stereocenters. The van der Waals surface area contributed by atoms with E-state index in [1.165, 1.54) is 16.2 Å². The molecule has 1 aliphatic carbocycles. The largest absolute Gasteiger partial charge is 0.338 e. The van der Waals surface area contributed by atoms with Crippen LogP contribution in [0.4, 0.5) is 8.78 Å². The van der Waals surface area contributed by atoms with Gasteiger partial charge in [0, 0.05) is 29.8 Å². The number of amides is 2. The molecule has 4 nitrogen and oxygen atoms in total. The van der Waals surface area contributed by atoms with Crippen LogP contribution in [0, 0.1) is 11.3 Å². The van der Waals surface area contributed by atoms with Crippen LogP contribution in [0.15, 0.2) is 16.8 Å². The van der Waals surface area contributed by atoms with Crippen molar-refractivity contribution in [2.75, 3.05) is 26.2 Å². The van der Waals surface area contributed by atoms with Gasteiger partial charge in [-0.1, -0.05) is 6.42 Å². The molecule has 0 aromatic carbocycles. The van der Waals surface area contributed by atoms with Gasteiger partial charge in [0.1, 0.15) is 0 Å². The summed E-state index contributed by atoms with van der Waals surface area (Å²) in [7, 11) is 0. The Bertz CT molecular complexity index is 656. The molecule has 0 N–H and O–H groups in total. The Morgan fingerprint density at radius 1 is 1.17 bits per heavy atom. The van der Waals surface area contributed by atoms with Crippen molar-refractivity contribution in [2.24, 2.45) is 11.3 Å². The van der Waals surface area contributed by atoms with Crippen LogP contribution in [0.25, 0.3) is 0 Å². The Morgan fingerprint density at radius 2 is 1.96 bits per heavy atom. The minimum Gasteiger partial charge on any atom is -0.338 e. The third-order valence-electron chi connectivity index (χ3n) is 5.80. The SMILES string of the molecule is O=C(c1ccsc1)N1CC[C@]2(CCC[C@@H]2C(=O)N2CC(F)(F)C2)C1. The molecule has 1 spiro atoms. The molecule has 0 bridgehead atoms. The van der Waals surface area contributed by atoms with E-state index in [1.54, 1.807) is 0 Å². The average Bonchev–Trinajstić information content (AvgIpc) is 3.25. The number of halogens is 2. The number of alkyl halides is 2. The van der Waals surface area contributed by atoms with Crippen molar-refractivity contribution in [1.82, 2.24) is 9.80 Å². The van der Waals surface area contributed by atoms with E-state index in [2.05, 4.69) is 0 Å². The molecule has 1 aromatic rings. The number of thiophene rings is 1. The Hall–Kier alpha value is -1.50. The Kier molecular flexibility index (Phi) is 3.67. The molecule has 0 unspecified atom stereocenters. The third-order valence-corrected chi connectivity index (χ3v) is 6.48. The Morgan fingerprint density at radius 3 is 2.62 bits per heavy atom.